The maximum absolute atomic E-state index is 13.6. The van der Waals surface area contributed by atoms with Gasteiger partial charge < -0.3 is 10.0 Å². The van der Waals surface area contributed by atoms with E-state index < -0.39 is 5.82 Å². The number of halogens is 1. The number of carbonyl (C=O) groups excluding carboxylic acids is 1. The molecule has 3 heterocycles. The molecule has 6 heteroatoms. The average molecular weight is 375 g/mol. The Kier molecular flexibility index (Phi) is 5.12. The first kappa shape index (κ1) is 18.7. The zero-order chi connectivity index (χ0) is 19.0. The first-order chi connectivity index (χ1) is 13.0. The zero-order valence-corrected chi connectivity index (χ0v) is 16.2. The van der Waals surface area contributed by atoms with Crippen LogP contribution in [0.2, 0.25) is 0 Å². The number of benzene rings is 1. The number of carbonyl (C=O) groups is 1. The Morgan fingerprint density at radius 1 is 1.22 bits per heavy atom. The fraction of sp³-hybridized carbons (Fsp3) is 0.667. The molecule has 1 atom stereocenters. The summed E-state index contributed by atoms with van der Waals surface area (Å²) in [4.78, 5) is 19.5. The number of piperidine rings is 1. The highest BCUT2D eigenvalue weighted by Gasteiger charge is 2.47. The van der Waals surface area contributed by atoms with E-state index in [0.29, 0.717) is 12.5 Å². The van der Waals surface area contributed by atoms with E-state index in [2.05, 4.69) is 21.7 Å². The van der Waals surface area contributed by atoms with Gasteiger partial charge in [0.05, 0.1) is 6.04 Å². The summed E-state index contributed by atoms with van der Waals surface area (Å²) in [6.45, 7) is 5.50. The van der Waals surface area contributed by atoms with E-state index in [1.54, 1.807) is 6.07 Å². The van der Waals surface area contributed by atoms with Gasteiger partial charge in [-0.15, -0.1) is 0 Å². The molecule has 3 fully saturated rings. The molecule has 0 aliphatic carbocycles. The minimum atomic E-state index is -0.554. The normalized spacial score (nSPS) is 26.1. The molecule has 1 aromatic rings. The van der Waals surface area contributed by atoms with Gasteiger partial charge in [0.1, 0.15) is 0 Å². The molecule has 148 valence electrons. The molecular weight excluding hydrogens is 345 g/mol. The summed E-state index contributed by atoms with van der Waals surface area (Å²) in [5.41, 5.74) is 1.14. The molecule has 1 amide bonds. The van der Waals surface area contributed by atoms with Crippen LogP contribution in [-0.4, -0.2) is 71.5 Å². The molecule has 1 N–H and O–H groups in total. The number of rotatable bonds is 3. The van der Waals surface area contributed by atoms with Crippen molar-refractivity contribution in [2.45, 2.75) is 44.7 Å². The van der Waals surface area contributed by atoms with E-state index in [1.807, 2.05) is 0 Å². The van der Waals surface area contributed by atoms with Crippen molar-refractivity contribution in [3.05, 3.63) is 29.6 Å². The monoisotopic (exact) mass is 375 g/mol. The third-order valence-electron chi connectivity index (χ3n) is 6.78. The molecule has 1 aromatic carbocycles. The zero-order valence-electron chi connectivity index (χ0n) is 16.2. The van der Waals surface area contributed by atoms with Crippen molar-refractivity contribution >= 4 is 5.91 Å². The van der Waals surface area contributed by atoms with Gasteiger partial charge >= 0.3 is 0 Å². The van der Waals surface area contributed by atoms with Crippen LogP contribution < -0.4 is 0 Å². The van der Waals surface area contributed by atoms with E-state index in [9.17, 15) is 14.3 Å². The van der Waals surface area contributed by atoms with Gasteiger partial charge in [0.25, 0.3) is 0 Å². The van der Waals surface area contributed by atoms with Crippen LogP contribution in [0.25, 0.3) is 0 Å². The number of nitrogens with zero attached hydrogens (tertiary/aromatic N) is 3. The van der Waals surface area contributed by atoms with E-state index in [1.165, 1.54) is 12.1 Å². The number of amides is 1. The lowest BCUT2D eigenvalue weighted by Gasteiger charge is -2.39. The molecule has 27 heavy (non-hydrogen) atoms. The van der Waals surface area contributed by atoms with Crippen molar-refractivity contribution in [2.75, 3.05) is 39.8 Å². The second-order valence-electron chi connectivity index (χ2n) is 8.73. The molecule has 0 bridgehead atoms. The fourth-order valence-corrected chi connectivity index (χ4v) is 5.15. The summed E-state index contributed by atoms with van der Waals surface area (Å²) in [7, 11) is 2.10. The van der Waals surface area contributed by atoms with Crippen LogP contribution >= 0.6 is 0 Å². The van der Waals surface area contributed by atoms with E-state index in [4.69, 9.17) is 0 Å². The van der Waals surface area contributed by atoms with Gasteiger partial charge in [-0.3, -0.25) is 14.6 Å². The molecule has 4 rings (SSSR count). The molecule has 0 radical (unpaired) electrons. The molecule has 1 spiro atoms. The summed E-state index contributed by atoms with van der Waals surface area (Å²) in [5, 5.41) is 9.34. The van der Waals surface area contributed by atoms with Gasteiger partial charge in [-0.25, -0.2) is 4.39 Å². The lowest BCUT2D eigenvalue weighted by Crippen LogP contribution is -2.42. The minimum Gasteiger partial charge on any atom is -0.505 e. The largest absolute Gasteiger partial charge is 0.505 e. The Bertz CT molecular complexity index is 697. The summed E-state index contributed by atoms with van der Waals surface area (Å²) >= 11 is 0. The topological polar surface area (TPSA) is 47.0 Å². The fourth-order valence-electron chi connectivity index (χ4n) is 5.15. The van der Waals surface area contributed by atoms with Crippen LogP contribution in [0, 0.1) is 11.2 Å². The minimum absolute atomic E-state index is 0.0424. The van der Waals surface area contributed by atoms with Crippen LogP contribution in [-0.2, 0) is 11.3 Å². The predicted molar refractivity (Wildman–Crippen MR) is 102 cm³/mol. The average Bonchev–Trinajstić information content (AvgIpc) is 3.29. The van der Waals surface area contributed by atoms with Crippen molar-refractivity contribution in [2.24, 2.45) is 5.41 Å². The number of likely N-dealkylation sites (N-methyl/N-ethyl adjacent to an activating group) is 1. The van der Waals surface area contributed by atoms with Gasteiger partial charge in [0, 0.05) is 26.2 Å². The smallest absolute Gasteiger partial charge is 0.239 e. The molecule has 3 aliphatic rings. The first-order valence-electron chi connectivity index (χ1n) is 10.1. The Morgan fingerprint density at radius 2 is 1.93 bits per heavy atom. The van der Waals surface area contributed by atoms with Crippen molar-refractivity contribution in [3.63, 3.8) is 0 Å². The molecule has 3 saturated heterocycles. The summed E-state index contributed by atoms with van der Waals surface area (Å²) < 4.78 is 13.6. The quantitative estimate of drug-likeness (QED) is 0.882. The van der Waals surface area contributed by atoms with Crippen molar-refractivity contribution in [1.82, 2.24) is 14.7 Å². The molecule has 0 aromatic heterocycles. The van der Waals surface area contributed by atoms with Gasteiger partial charge in [-0.1, -0.05) is 6.07 Å². The van der Waals surface area contributed by atoms with Crippen LogP contribution in [0.3, 0.4) is 0 Å². The molecular formula is C21H30FN3O2. The van der Waals surface area contributed by atoms with Crippen molar-refractivity contribution in [1.29, 1.82) is 0 Å². The number of likely N-dealkylation sites (tertiary alicyclic amines) is 3. The van der Waals surface area contributed by atoms with Crippen LogP contribution in [0.15, 0.2) is 18.2 Å². The van der Waals surface area contributed by atoms with Gasteiger partial charge in [-0.05, 0) is 75.4 Å². The third kappa shape index (κ3) is 3.83. The molecule has 5 nitrogen and oxygen atoms in total. The second kappa shape index (κ2) is 7.40. The van der Waals surface area contributed by atoms with Gasteiger partial charge in [0.15, 0.2) is 11.6 Å². The predicted octanol–water partition coefficient (Wildman–Crippen LogP) is 2.44. The van der Waals surface area contributed by atoms with Crippen LogP contribution in [0.4, 0.5) is 4.39 Å². The molecule has 3 aliphatic heterocycles. The summed E-state index contributed by atoms with van der Waals surface area (Å²) in [5.74, 6) is -0.519. The SMILES string of the molecule is CN1CC2(CCN(Cc3ccc(O)c(F)c3)CC2)CC1C(=O)N1CCCC1. The number of phenolic OH excluding ortho intramolecular Hbond substituents is 1. The highest BCUT2D eigenvalue weighted by Crippen LogP contribution is 2.43. The van der Waals surface area contributed by atoms with Crippen LogP contribution in [0.1, 0.15) is 37.7 Å². The Labute approximate surface area is 160 Å². The Balaban J connectivity index is 1.34. The van der Waals surface area contributed by atoms with Gasteiger partial charge in [-0.2, -0.15) is 0 Å². The number of phenols is 1. The van der Waals surface area contributed by atoms with E-state index in [0.717, 1.165) is 70.4 Å². The number of aromatic hydroxyl groups is 1. The lowest BCUT2D eigenvalue weighted by atomic mass is 9.76. The molecule has 1 unspecified atom stereocenters. The Morgan fingerprint density at radius 3 is 2.59 bits per heavy atom. The Hall–Kier alpha value is -1.66. The highest BCUT2D eigenvalue weighted by atomic mass is 19.1. The lowest BCUT2D eigenvalue weighted by molar-refractivity contribution is -0.134. The number of hydrogen-bond donors (Lipinski definition) is 1. The van der Waals surface area contributed by atoms with Crippen LogP contribution in [0.5, 0.6) is 5.75 Å². The number of hydrogen-bond acceptors (Lipinski definition) is 4. The third-order valence-corrected chi connectivity index (χ3v) is 6.78. The summed E-state index contributed by atoms with van der Waals surface area (Å²) in [6.07, 6.45) is 5.42. The van der Waals surface area contributed by atoms with E-state index in [-0.39, 0.29) is 17.2 Å². The maximum atomic E-state index is 13.6. The first-order valence-corrected chi connectivity index (χ1v) is 10.1. The van der Waals surface area contributed by atoms with Gasteiger partial charge in [0.2, 0.25) is 5.91 Å². The highest BCUT2D eigenvalue weighted by molar-refractivity contribution is 5.82. The standard InChI is InChI=1S/C21H30FN3O2/c1-23-15-21(13-18(23)20(27)25-8-2-3-9-25)6-10-24(11-7-21)14-16-4-5-19(26)17(22)12-16/h4-5,12,18,26H,2-3,6-11,13-15H2,1H3. The van der Waals surface area contributed by atoms with Crippen molar-refractivity contribution in [3.8, 4) is 5.75 Å². The second-order valence-corrected chi connectivity index (χ2v) is 8.73. The summed E-state index contributed by atoms with van der Waals surface area (Å²) in [6, 6.07) is 4.68. The van der Waals surface area contributed by atoms with Crippen molar-refractivity contribution < 1.29 is 14.3 Å². The maximum Gasteiger partial charge on any atom is 0.239 e. The van der Waals surface area contributed by atoms with E-state index >= 15 is 0 Å². The molecule has 0 saturated carbocycles.